The van der Waals surface area contributed by atoms with Gasteiger partial charge in [-0.25, -0.2) is 4.39 Å². The molecular weight excluding hydrogens is 347 g/mol. The summed E-state index contributed by atoms with van der Waals surface area (Å²) in [5.41, 5.74) is 0.670. The van der Waals surface area contributed by atoms with E-state index in [2.05, 4.69) is 4.90 Å². The molecule has 0 N–H and O–H groups in total. The van der Waals surface area contributed by atoms with Gasteiger partial charge in [0.15, 0.2) is 0 Å². The Morgan fingerprint density at radius 3 is 2.83 bits per heavy atom. The lowest BCUT2D eigenvalue weighted by Crippen LogP contribution is -2.38. The quantitative estimate of drug-likeness (QED) is 0.591. The number of thiocarbonyl (C=S) groups is 1. The Morgan fingerprint density at radius 1 is 1.29 bits per heavy atom. The van der Waals surface area contributed by atoms with E-state index in [1.54, 1.807) is 23.1 Å². The van der Waals surface area contributed by atoms with E-state index in [0.29, 0.717) is 21.3 Å². The molecule has 0 aliphatic carbocycles. The number of thioether (sulfide) groups is 1. The van der Waals surface area contributed by atoms with Gasteiger partial charge in [0.1, 0.15) is 10.1 Å². The summed E-state index contributed by atoms with van der Waals surface area (Å²) in [5.74, 6) is -0.402. The minimum absolute atomic E-state index is 0.0868. The number of halogens is 1. The van der Waals surface area contributed by atoms with E-state index in [-0.39, 0.29) is 11.7 Å². The van der Waals surface area contributed by atoms with Crippen LogP contribution in [0, 0.1) is 5.82 Å². The van der Waals surface area contributed by atoms with Gasteiger partial charge in [-0.15, -0.1) is 0 Å². The molecule has 7 heteroatoms. The van der Waals surface area contributed by atoms with Crippen molar-refractivity contribution in [2.45, 2.75) is 6.42 Å². The summed E-state index contributed by atoms with van der Waals surface area (Å²) in [6, 6.07) is 6.19. The van der Waals surface area contributed by atoms with Crippen molar-refractivity contribution in [1.82, 2.24) is 9.80 Å². The molecule has 1 amide bonds. The average Bonchev–Trinajstić information content (AvgIpc) is 2.83. The number of carbonyl (C=O) groups is 1. The van der Waals surface area contributed by atoms with Crippen LogP contribution in [0.1, 0.15) is 12.0 Å². The van der Waals surface area contributed by atoms with Crippen LogP contribution in [0.3, 0.4) is 0 Å². The molecule has 2 heterocycles. The number of amides is 1. The highest BCUT2D eigenvalue weighted by molar-refractivity contribution is 8.26. The third kappa shape index (κ3) is 4.42. The van der Waals surface area contributed by atoms with Gasteiger partial charge >= 0.3 is 0 Å². The first kappa shape index (κ1) is 17.5. The minimum atomic E-state index is -0.315. The summed E-state index contributed by atoms with van der Waals surface area (Å²) in [6.45, 7) is 4.98. The van der Waals surface area contributed by atoms with E-state index in [1.165, 1.54) is 23.9 Å². The van der Waals surface area contributed by atoms with Gasteiger partial charge in [-0.3, -0.25) is 14.6 Å². The number of carbonyl (C=O) groups excluding carboxylic acids is 1. The van der Waals surface area contributed by atoms with Gasteiger partial charge in [-0.1, -0.05) is 36.1 Å². The summed E-state index contributed by atoms with van der Waals surface area (Å²) < 4.78 is 19.2. The molecule has 2 aliphatic rings. The van der Waals surface area contributed by atoms with Crippen LogP contribution >= 0.6 is 24.0 Å². The lowest BCUT2D eigenvalue weighted by Gasteiger charge is -2.27. The third-order valence-corrected chi connectivity index (χ3v) is 5.36. The van der Waals surface area contributed by atoms with Crippen molar-refractivity contribution < 1.29 is 13.9 Å². The zero-order chi connectivity index (χ0) is 16.9. The molecule has 0 atom stereocenters. The standard InChI is InChI=1S/C17H19FN2O2S2/c18-14-4-1-3-13(11-14)12-15-16(21)20(17(23)24-15)6-2-5-19-7-9-22-10-8-19/h1,3-4,11-12H,2,5-10H2/b15-12+. The Hall–Kier alpha value is -1.28. The molecule has 4 nitrogen and oxygen atoms in total. The van der Waals surface area contributed by atoms with Crippen LogP contribution in [0.5, 0.6) is 0 Å². The van der Waals surface area contributed by atoms with E-state index in [1.807, 2.05) is 0 Å². The van der Waals surface area contributed by atoms with Crippen molar-refractivity contribution >= 4 is 40.3 Å². The van der Waals surface area contributed by atoms with E-state index in [4.69, 9.17) is 17.0 Å². The van der Waals surface area contributed by atoms with Gasteiger partial charge < -0.3 is 4.74 Å². The molecule has 0 bridgehead atoms. The van der Waals surface area contributed by atoms with E-state index < -0.39 is 0 Å². The molecule has 0 spiro atoms. The first-order valence-electron chi connectivity index (χ1n) is 7.94. The Kier molecular flexibility index (Phi) is 5.99. The second kappa shape index (κ2) is 8.20. The normalized spacial score (nSPS) is 21.0. The van der Waals surface area contributed by atoms with Crippen molar-refractivity contribution in [2.75, 3.05) is 39.4 Å². The smallest absolute Gasteiger partial charge is 0.266 e. The Bertz CT molecular complexity index is 660. The lowest BCUT2D eigenvalue weighted by molar-refractivity contribution is -0.122. The largest absolute Gasteiger partial charge is 0.379 e. The fraction of sp³-hybridized carbons (Fsp3) is 0.412. The summed E-state index contributed by atoms with van der Waals surface area (Å²) >= 11 is 6.61. The summed E-state index contributed by atoms with van der Waals surface area (Å²) in [4.78, 5) is 17.0. The summed E-state index contributed by atoms with van der Waals surface area (Å²) in [5, 5.41) is 0. The molecule has 128 valence electrons. The number of hydrogen-bond donors (Lipinski definition) is 0. The van der Waals surface area contributed by atoms with Gasteiger partial charge in [0.05, 0.1) is 18.1 Å². The molecule has 1 aromatic rings. The maximum absolute atomic E-state index is 13.3. The molecule has 0 saturated carbocycles. The van der Waals surface area contributed by atoms with Crippen LogP contribution in [-0.2, 0) is 9.53 Å². The van der Waals surface area contributed by atoms with Crippen molar-refractivity contribution in [1.29, 1.82) is 0 Å². The molecule has 3 rings (SSSR count). The van der Waals surface area contributed by atoms with Gasteiger partial charge in [0, 0.05) is 26.2 Å². The van der Waals surface area contributed by atoms with Gasteiger partial charge in [0.25, 0.3) is 5.91 Å². The molecule has 0 unspecified atom stereocenters. The zero-order valence-corrected chi connectivity index (χ0v) is 14.9. The summed E-state index contributed by atoms with van der Waals surface area (Å²) in [7, 11) is 0. The number of benzene rings is 1. The zero-order valence-electron chi connectivity index (χ0n) is 13.2. The third-order valence-electron chi connectivity index (χ3n) is 3.98. The van der Waals surface area contributed by atoms with Gasteiger partial charge in [-0.2, -0.15) is 0 Å². The highest BCUT2D eigenvalue weighted by Gasteiger charge is 2.31. The maximum Gasteiger partial charge on any atom is 0.266 e. The topological polar surface area (TPSA) is 32.8 Å². The van der Waals surface area contributed by atoms with Crippen LogP contribution in [-0.4, -0.2) is 59.4 Å². The molecule has 2 fully saturated rings. The van der Waals surface area contributed by atoms with Crippen molar-refractivity contribution in [2.24, 2.45) is 0 Å². The molecule has 24 heavy (non-hydrogen) atoms. The van der Waals surface area contributed by atoms with E-state index in [9.17, 15) is 9.18 Å². The molecular formula is C17H19FN2O2S2. The van der Waals surface area contributed by atoms with E-state index >= 15 is 0 Å². The SMILES string of the molecule is O=C1/C(=C\c2cccc(F)c2)SC(=S)N1CCCN1CCOCC1. The predicted octanol–water partition coefficient (Wildman–Crippen LogP) is 2.75. The van der Waals surface area contributed by atoms with Crippen LogP contribution in [0.2, 0.25) is 0 Å². The fourth-order valence-electron chi connectivity index (χ4n) is 2.72. The van der Waals surface area contributed by atoms with Crippen LogP contribution in [0.25, 0.3) is 6.08 Å². The Morgan fingerprint density at radius 2 is 2.08 bits per heavy atom. The Balaban J connectivity index is 1.57. The average molecular weight is 366 g/mol. The van der Waals surface area contributed by atoms with Crippen LogP contribution in [0.15, 0.2) is 29.2 Å². The number of ether oxygens (including phenoxy) is 1. The lowest BCUT2D eigenvalue weighted by atomic mass is 10.2. The minimum Gasteiger partial charge on any atom is -0.379 e. The van der Waals surface area contributed by atoms with Gasteiger partial charge in [0.2, 0.25) is 0 Å². The number of nitrogens with zero attached hydrogens (tertiary/aromatic N) is 2. The highest BCUT2D eigenvalue weighted by Crippen LogP contribution is 2.32. The van der Waals surface area contributed by atoms with Gasteiger partial charge in [-0.05, 0) is 30.2 Å². The summed E-state index contributed by atoms with van der Waals surface area (Å²) in [6.07, 6.45) is 2.57. The number of hydrogen-bond acceptors (Lipinski definition) is 5. The molecule has 1 aromatic carbocycles. The van der Waals surface area contributed by atoms with Crippen LogP contribution < -0.4 is 0 Å². The van der Waals surface area contributed by atoms with Crippen LogP contribution in [0.4, 0.5) is 4.39 Å². The molecule has 2 saturated heterocycles. The first-order valence-corrected chi connectivity index (χ1v) is 9.17. The predicted molar refractivity (Wildman–Crippen MR) is 98.2 cm³/mol. The second-order valence-electron chi connectivity index (χ2n) is 5.70. The molecule has 0 aromatic heterocycles. The number of rotatable bonds is 5. The number of morpholine rings is 1. The molecule has 0 radical (unpaired) electrons. The molecule has 2 aliphatic heterocycles. The van der Waals surface area contributed by atoms with Crippen molar-refractivity contribution in [3.05, 3.63) is 40.6 Å². The maximum atomic E-state index is 13.3. The van der Waals surface area contributed by atoms with Crippen molar-refractivity contribution in [3.63, 3.8) is 0 Å². The monoisotopic (exact) mass is 366 g/mol. The first-order chi connectivity index (χ1) is 11.6. The Labute approximate surface area is 150 Å². The second-order valence-corrected chi connectivity index (χ2v) is 7.37. The highest BCUT2D eigenvalue weighted by atomic mass is 32.2. The van der Waals surface area contributed by atoms with E-state index in [0.717, 1.165) is 39.3 Å². The fourth-order valence-corrected chi connectivity index (χ4v) is 4.03. The van der Waals surface area contributed by atoms with Crippen molar-refractivity contribution in [3.8, 4) is 0 Å².